The summed E-state index contributed by atoms with van der Waals surface area (Å²) >= 11 is 0. The Morgan fingerprint density at radius 1 is 1.38 bits per heavy atom. The van der Waals surface area contributed by atoms with Gasteiger partial charge in [0.15, 0.2) is 5.78 Å². The zero-order valence-electron chi connectivity index (χ0n) is 11.0. The van der Waals surface area contributed by atoms with Gasteiger partial charge < -0.3 is 0 Å². The van der Waals surface area contributed by atoms with Crippen LogP contribution in [0.5, 0.6) is 0 Å². The van der Waals surface area contributed by atoms with Crippen molar-refractivity contribution >= 4 is 5.78 Å². The van der Waals surface area contributed by atoms with Crippen LogP contribution < -0.4 is 0 Å². The highest BCUT2D eigenvalue weighted by Crippen LogP contribution is 2.48. The van der Waals surface area contributed by atoms with Crippen LogP contribution in [0.1, 0.15) is 52.9 Å². The largest absolute Gasteiger partial charge is 0.298 e. The van der Waals surface area contributed by atoms with E-state index in [2.05, 4.69) is 11.8 Å². The van der Waals surface area contributed by atoms with Crippen molar-refractivity contribution in [3.63, 3.8) is 0 Å². The number of rotatable bonds is 3. The molecule has 1 aliphatic carbocycles. The molecule has 0 aromatic rings. The molecule has 0 radical (unpaired) electrons. The number of ketones is 1. The molecule has 92 valence electrons. The fraction of sp³-hybridized carbons (Fsp3) is 0.929. The molecule has 0 aromatic heterocycles. The Labute approximate surface area is 99.4 Å². The fourth-order valence-electron chi connectivity index (χ4n) is 3.63. The summed E-state index contributed by atoms with van der Waals surface area (Å²) in [5.74, 6) is 0.654. The Bertz CT molecular complexity index is 266. The lowest BCUT2D eigenvalue weighted by Gasteiger charge is -2.23. The highest BCUT2D eigenvalue weighted by atomic mass is 16.1. The molecule has 0 N–H and O–H groups in total. The minimum absolute atomic E-state index is 0.190. The second-order valence-corrected chi connectivity index (χ2v) is 6.05. The van der Waals surface area contributed by atoms with Gasteiger partial charge in [-0.3, -0.25) is 9.69 Å². The van der Waals surface area contributed by atoms with Gasteiger partial charge in [0.1, 0.15) is 0 Å². The normalized spacial score (nSPS) is 29.4. The monoisotopic (exact) mass is 223 g/mol. The van der Waals surface area contributed by atoms with Crippen molar-refractivity contribution in [1.29, 1.82) is 0 Å². The van der Waals surface area contributed by atoms with Crippen molar-refractivity contribution < 1.29 is 4.79 Å². The number of hydrogen-bond acceptors (Lipinski definition) is 2. The van der Waals surface area contributed by atoms with Crippen LogP contribution in [0.3, 0.4) is 0 Å². The maximum absolute atomic E-state index is 12.2. The van der Waals surface area contributed by atoms with Gasteiger partial charge in [0.25, 0.3) is 0 Å². The van der Waals surface area contributed by atoms with Gasteiger partial charge in [-0.05, 0) is 31.2 Å². The van der Waals surface area contributed by atoms with E-state index in [4.69, 9.17) is 0 Å². The van der Waals surface area contributed by atoms with E-state index in [1.807, 2.05) is 13.8 Å². The second-order valence-electron chi connectivity index (χ2n) is 6.05. The summed E-state index contributed by atoms with van der Waals surface area (Å²) in [6, 6.07) is 0.225. The molecule has 1 unspecified atom stereocenters. The van der Waals surface area contributed by atoms with Crippen LogP contribution in [0, 0.1) is 11.3 Å². The van der Waals surface area contributed by atoms with Gasteiger partial charge in [-0.2, -0.15) is 0 Å². The summed E-state index contributed by atoms with van der Waals surface area (Å²) in [5.41, 5.74) is 0.505. The van der Waals surface area contributed by atoms with Crippen LogP contribution in [0.15, 0.2) is 0 Å². The lowest BCUT2D eigenvalue weighted by atomic mass is 9.82. The predicted molar refractivity (Wildman–Crippen MR) is 66.4 cm³/mol. The smallest absolute Gasteiger partial charge is 0.152 e. The zero-order chi connectivity index (χ0) is 11.8. The van der Waals surface area contributed by atoms with E-state index in [1.54, 1.807) is 0 Å². The Balaban J connectivity index is 2.10. The van der Waals surface area contributed by atoms with Crippen molar-refractivity contribution in [3.8, 4) is 0 Å². The van der Waals surface area contributed by atoms with Crippen LogP contribution in [-0.2, 0) is 4.79 Å². The number of Topliss-reactive ketones (excluding diaryl/α,β-unsaturated/α-hetero) is 1. The van der Waals surface area contributed by atoms with Gasteiger partial charge >= 0.3 is 0 Å². The predicted octanol–water partition coefficient (Wildman–Crippen LogP) is 2.87. The van der Waals surface area contributed by atoms with Gasteiger partial charge in [-0.25, -0.2) is 0 Å². The molecule has 2 heteroatoms. The topological polar surface area (TPSA) is 20.3 Å². The van der Waals surface area contributed by atoms with E-state index >= 15 is 0 Å². The Morgan fingerprint density at radius 3 is 2.50 bits per heavy atom. The lowest BCUT2D eigenvalue weighted by Crippen LogP contribution is -2.38. The van der Waals surface area contributed by atoms with E-state index in [-0.39, 0.29) is 12.0 Å². The number of hydrogen-bond donors (Lipinski definition) is 0. The third-order valence-corrected chi connectivity index (χ3v) is 4.57. The molecular weight excluding hydrogens is 198 g/mol. The standard InChI is InChI=1S/C14H25NO/c1-4-15-10-14(7-5-6-8-14)9-12(15)13(16)11(2)3/h11-12H,4-10H2,1-3H3. The third kappa shape index (κ3) is 2.04. The van der Waals surface area contributed by atoms with Crippen molar-refractivity contribution in [2.45, 2.75) is 58.9 Å². The molecule has 2 nitrogen and oxygen atoms in total. The van der Waals surface area contributed by atoms with E-state index in [0.717, 1.165) is 13.0 Å². The molecule has 0 bridgehead atoms. The molecule has 0 aromatic carbocycles. The first-order valence-corrected chi connectivity index (χ1v) is 6.86. The SMILES string of the molecule is CCN1CC2(CCCC2)CC1C(=O)C(C)C. The van der Waals surface area contributed by atoms with Gasteiger partial charge in [0, 0.05) is 12.5 Å². The summed E-state index contributed by atoms with van der Waals surface area (Å²) in [4.78, 5) is 14.6. The molecule has 2 aliphatic rings. The molecule has 1 atom stereocenters. The average molecular weight is 223 g/mol. The van der Waals surface area contributed by atoms with Crippen LogP contribution in [0.25, 0.3) is 0 Å². The summed E-state index contributed by atoms with van der Waals surface area (Å²) in [6.07, 6.45) is 6.59. The van der Waals surface area contributed by atoms with Crippen LogP contribution in [0.4, 0.5) is 0 Å². The third-order valence-electron chi connectivity index (χ3n) is 4.57. The van der Waals surface area contributed by atoms with Crippen molar-refractivity contribution in [2.75, 3.05) is 13.1 Å². The molecule has 1 spiro atoms. The quantitative estimate of drug-likeness (QED) is 0.733. The Hall–Kier alpha value is -0.370. The van der Waals surface area contributed by atoms with Gasteiger partial charge in [0.2, 0.25) is 0 Å². The molecule has 1 saturated carbocycles. The first-order chi connectivity index (χ1) is 7.58. The Kier molecular flexibility index (Phi) is 3.39. The molecule has 16 heavy (non-hydrogen) atoms. The number of carbonyl (C=O) groups excluding carboxylic acids is 1. The van der Waals surface area contributed by atoms with E-state index in [1.165, 1.54) is 32.2 Å². The highest BCUT2D eigenvalue weighted by Gasteiger charge is 2.47. The summed E-state index contributed by atoms with van der Waals surface area (Å²) in [5, 5.41) is 0. The molecule has 1 heterocycles. The molecule has 2 rings (SSSR count). The second kappa shape index (κ2) is 4.48. The molecule has 0 amide bonds. The van der Waals surface area contributed by atoms with Gasteiger partial charge in [-0.15, -0.1) is 0 Å². The fourth-order valence-corrected chi connectivity index (χ4v) is 3.63. The highest BCUT2D eigenvalue weighted by molar-refractivity contribution is 5.86. The molecule has 1 aliphatic heterocycles. The van der Waals surface area contributed by atoms with Crippen LogP contribution in [-0.4, -0.2) is 29.8 Å². The molecular formula is C14H25NO. The maximum Gasteiger partial charge on any atom is 0.152 e. The number of nitrogens with zero attached hydrogens (tertiary/aromatic N) is 1. The van der Waals surface area contributed by atoms with Crippen molar-refractivity contribution in [1.82, 2.24) is 4.90 Å². The van der Waals surface area contributed by atoms with Gasteiger partial charge in [-0.1, -0.05) is 33.6 Å². The summed E-state index contributed by atoms with van der Waals surface area (Å²) in [6.45, 7) is 8.47. The van der Waals surface area contributed by atoms with E-state index in [0.29, 0.717) is 11.2 Å². The number of carbonyl (C=O) groups is 1. The van der Waals surface area contributed by atoms with E-state index in [9.17, 15) is 4.79 Å². The maximum atomic E-state index is 12.2. The minimum atomic E-state index is 0.190. The first kappa shape index (κ1) is 12.1. The number of likely N-dealkylation sites (N-methyl/N-ethyl adjacent to an activating group) is 1. The zero-order valence-corrected chi connectivity index (χ0v) is 11.0. The van der Waals surface area contributed by atoms with Crippen LogP contribution >= 0.6 is 0 Å². The minimum Gasteiger partial charge on any atom is -0.298 e. The number of likely N-dealkylation sites (tertiary alicyclic amines) is 1. The Morgan fingerprint density at radius 2 is 2.00 bits per heavy atom. The van der Waals surface area contributed by atoms with Crippen LogP contribution in [0.2, 0.25) is 0 Å². The summed E-state index contributed by atoms with van der Waals surface area (Å²) < 4.78 is 0. The first-order valence-electron chi connectivity index (χ1n) is 6.86. The van der Waals surface area contributed by atoms with Gasteiger partial charge in [0.05, 0.1) is 6.04 Å². The van der Waals surface area contributed by atoms with Crippen molar-refractivity contribution in [2.24, 2.45) is 11.3 Å². The average Bonchev–Trinajstić information content (AvgIpc) is 2.85. The molecule has 2 fully saturated rings. The lowest BCUT2D eigenvalue weighted by molar-refractivity contribution is -0.126. The van der Waals surface area contributed by atoms with E-state index < -0.39 is 0 Å². The summed E-state index contributed by atoms with van der Waals surface area (Å²) in [7, 11) is 0. The molecule has 1 saturated heterocycles. The van der Waals surface area contributed by atoms with Crippen molar-refractivity contribution in [3.05, 3.63) is 0 Å².